The highest BCUT2D eigenvalue weighted by Gasteiger charge is 2.53. The van der Waals surface area contributed by atoms with Gasteiger partial charge < -0.3 is 9.84 Å². The summed E-state index contributed by atoms with van der Waals surface area (Å²) in [4.78, 5) is 34.1. The molecule has 2 heterocycles. The lowest BCUT2D eigenvalue weighted by atomic mass is 9.97. The molecule has 0 unspecified atom stereocenters. The molecule has 0 aliphatic carbocycles. The Morgan fingerprint density at radius 3 is 2.41 bits per heavy atom. The number of carbonyl (C=O) groups excluding carboxylic acids is 3. The zero-order valence-corrected chi connectivity index (χ0v) is 9.46. The number of ether oxygens (including phenoxy) is 1. The summed E-state index contributed by atoms with van der Waals surface area (Å²) >= 11 is 0.980. The largest absolute Gasteiger partial charge is 0.495 e. The van der Waals surface area contributed by atoms with Crippen molar-refractivity contribution < 1.29 is 24.2 Å². The van der Waals surface area contributed by atoms with Gasteiger partial charge in [-0.2, -0.15) is 0 Å². The summed E-state index contributed by atoms with van der Waals surface area (Å²) in [5, 5.41) is 15.4. The molecule has 1 aliphatic rings. The maximum Gasteiger partial charge on any atom is 0.328 e. The lowest BCUT2D eigenvalue weighted by Crippen LogP contribution is -2.64. The third-order valence-electron chi connectivity index (χ3n) is 2.29. The Labute approximate surface area is 99.4 Å². The van der Waals surface area contributed by atoms with E-state index in [1.165, 1.54) is 13.2 Å². The maximum atomic E-state index is 11.6. The van der Waals surface area contributed by atoms with Gasteiger partial charge in [-0.05, 0) is 11.4 Å². The van der Waals surface area contributed by atoms with Gasteiger partial charge in [0.25, 0.3) is 17.4 Å². The number of nitrogens with one attached hydrogen (secondary N) is 2. The van der Waals surface area contributed by atoms with Gasteiger partial charge in [-0.25, -0.2) is 4.79 Å². The van der Waals surface area contributed by atoms with Crippen LogP contribution in [0.5, 0.6) is 5.75 Å². The van der Waals surface area contributed by atoms with Crippen LogP contribution >= 0.6 is 11.3 Å². The molecule has 7 nitrogen and oxygen atoms in total. The minimum absolute atomic E-state index is 0.0301. The van der Waals surface area contributed by atoms with Crippen molar-refractivity contribution in [2.24, 2.45) is 0 Å². The van der Waals surface area contributed by atoms with Crippen LogP contribution in [-0.2, 0) is 15.2 Å². The van der Waals surface area contributed by atoms with Crippen LogP contribution in [0.1, 0.15) is 4.88 Å². The maximum absolute atomic E-state index is 11.6. The summed E-state index contributed by atoms with van der Waals surface area (Å²) in [6.07, 6.45) is 0. The molecule has 90 valence electrons. The fourth-order valence-electron chi connectivity index (χ4n) is 1.45. The highest BCUT2D eigenvalue weighted by molar-refractivity contribution is 7.10. The van der Waals surface area contributed by atoms with Crippen LogP contribution in [0.4, 0.5) is 4.79 Å². The van der Waals surface area contributed by atoms with Crippen LogP contribution in [-0.4, -0.2) is 30.1 Å². The van der Waals surface area contributed by atoms with Gasteiger partial charge in [-0.15, -0.1) is 11.3 Å². The highest BCUT2D eigenvalue weighted by atomic mass is 32.1. The molecule has 2 rings (SSSR count). The summed E-state index contributed by atoms with van der Waals surface area (Å²) in [5.41, 5.74) is -2.44. The fraction of sp³-hybridized carbons (Fsp3) is 0.222. The molecule has 8 heteroatoms. The van der Waals surface area contributed by atoms with Gasteiger partial charge in [-0.3, -0.25) is 20.2 Å². The second-order valence-electron chi connectivity index (χ2n) is 3.27. The van der Waals surface area contributed by atoms with Gasteiger partial charge in [0, 0.05) is 0 Å². The average molecular weight is 256 g/mol. The Hall–Kier alpha value is -1.93. The van der Waals surface area contributed by atoms with Crippen molar-refractivity contribution in [2.75, 3.05) is 7.11 Å². The van der Waals surface area contributed by atoms with Gasteiger partial charge in [0.15, 0.2) is 0 Å². The van der Waals surface area contributed by atoms with Crippen LogP contribution in [0.15, 0.2) is 11.4 Å². The van der Waals surface area contributed by atoms with Gasteiger partial charge in [-0.1, -0.05) is 0 Å². The summed E-state index contributed by atoms with van der Waals surface area (Å²) in [6.45, 7) is 0. The number of rotatable bonds is 2. The van der Waals surface area contributed by atoms with E-state index >= 15 is 0 Å². The third-order valence-corrected chi connectivity index (χ3v) is 3.29. The van der Waals surface area contributed by atoms with Gasteiger partial charge in [0.1, 0.15) is 5.75 Å². The standard InChI is InChI=1S/C9H8N2O5S/c1-16-4-2-3-17-5(4)9(15)6(12)10-8(14)11-7(9)13/h2-3,15H,1H3,(H2,10,11,12,13,14). The molecule has 1 fully saturated rings. The van der Waals surface area contributed by atoms with E-state index in [2.05, 4.69) is 0 Å². The molecular weight excluding hydrogens is 248 g/mol. The first-order valence-corrected chi connectivity index (χ1v) is 5.39. The summed E-state index contributed by atoms with van der Waals surface area (Å²) in [6, 6.07) is 0.551. The Bertz CT molecular complexity index is 489. The smallest absolute Gasteiger partial charge is 0.328 e. The van der Waals surface area contributed by atoms with E-state index in [0.717, 1.165) is 11.3 Å². The molecule has 0 bridgehead atoms. The zero-order chi connectivity index (χ0) is 12.6. The first kappa shape index (κ1) is 11.6. The van der Waals surface area contributed by atoms with E-state index in [1.54, 1.807) is 5.38 Å². The van der Waals surface area contributed by atoms with Crippen molar-refractivity contribution in [3.8, 4) is 5.75 Å². The number of hydrogen-bond donors (Lipinski definition) is 3. The molecule has 1 saturated heterocycles. The second-order valence-corrected chi connectivity index (χ2v) is 4.18. The minimum atomic E-state index is -2.44. The number of barbiturate groups is 1. The molecule has 1 aromatic heterocycles. The highest BCUT2D eigenvalue weighted by Crippen LogP contribution is 2.36. The number of amides is 4. The lowest BCUT2D eigenvalue weighted by molar-refractivity contribution is -0.155. The monoisotopic (exact) mass is 256 g/mol. The predicted octanol–water partition coefficient (Wildman–Crippen LogP) is -0.690. The molecule has 0 spiro atoms. The Balaban J connectivity index is 2.51. The van der Waals surface area contributed by atoms with E-state index in [4.69, 9.17) is 4.74 Å². The molecule has 0 radical (unpaired) electrons. The van der Waals surface area contributed by atoms with Crippen molar-refractivity contribution in [1.29, 1.82) is 0 Å². The minimum Gasteiger partial charge on any atom is -0.495 e. The third kappa shape index (κ3) is 1.58. The van der Waals surface area contributed by atoms with Crippen LogP contribution in [0.3, 0.4) is 0 Å². The zero-order valence-electron chi connectivity index (χ0n) is 8.64. The number of aliphatic hydroxyl groups is 1. The summed E-state index contributed by atoms with van der Waals surface area (Å²) in [7, 11) is 1.35. The predicted molar refractivity (Wildman–Crippen MR) is 56.4 cm³/mol. The van der Waals surface area contributed by atoms with E-state index in [0.29, 0.717) is 0 Å². The van der Waals surface area contributed by atoms with Crippen molar-refractivity contribution in [3.05, 3.63) is 16.3 Å². The van der Waals surface area contributed by atoms with E-state index in [1.807, 2.05) is 10.6 Å². The Morgan fingerprint density at radius 2 is 1.88 bits per heavy atom. The van der Waals surface area contributed by atoms with E-state index in [-0.39, 0.29) is 10.6 Å². The van der Waals surface area contributed by atoms with Crippen molar-refractivity contribution >= 4 is 29.2 Å². The summed E-state index contributed by atoms with van der Waals surface area (Å²) < 4.78 is 4.93. The number of methoxy groups -OCH3 is 1. The molecule has 1 aliphatic heterocycles. The SMILES string of the molecule is COc1ccsc1C1(O)C(=O)NC(=O)NC1=O. The molecule has 1 aromatic rings. The second kappa shape index (κ2) is 3.82. The quantitative estimate of drug-likeness (QED) is 0.607. The number of thiophene rings is 1. The van der Waals surface area contributed by atoms with Gasteiger partial charge in [0.2, 0.25) is 0 Å². The summed E-state index contributed by atoms with van der Waals surface area (Å²) in [5.74, 6) is -1.98. The Kier molecular flexibility index (Phi) is 2.60. The molecule has 0 atom stereocenters. The number of imide groups is 2. The van der Waals surface area contributed by atoms with Crippen molar-refractivity contribution in [3.63, 3.8) is 0 Å². The van der Waals surface area contributed by atoms with Crippen LogP contribution in [0.2, 0.25) is 0 Å². The number of hydrogen-bond acceptors (Lipinski definition) is 6. The molecule has 0 saturated carbocycles. The lowest BCUT2D eigenvalue weighted by Gasteiger charge is -2.28. The average Bonchev–Trinajstić information content (AvgIpc) is 2.74. The fourth-order valence-corrected chi connectivity index (χ4v) is 2.40. The molecule has 4 amide bonds. The molecule has 17 heavy (non-hydrogen) atoms. The Morgan fingerprint density at radius 1 is 1.29 bits per heavy atom. The molecule has 3 N–H and O–H groups in total. The van der Waals surface area contributed by atoms with Crippen LogP contribution < -0.4 is 15.4 Å². The first-order valence-electron chi connectivity index (χ1n) is 4.51. The number of urea groups is 1. The van der Waals surface area contributed by atoms with Crippen LogP contribution in [0, 0.1) is 0 Å². The normalized spacial score (nSPS) is 18.6. The van der Waals surface area contributed by atoms with Crippen LogP contribution in [0.25, 0.3) is 0 Å². The molecule has 0 aromatic carbocycles. The number of carbonyl (C=O) groups is 3. The topological polar surface area (TPSA) is 105 Å². The van der Waals surface area contributed by atoms with Gasteiger partial charge >= 0.3 is 6.03 Å². The van der Waals surface area contributed by atoms with E-state index < -0.39 is 23.4 Å². The van der Waals surface area contributed by atoms with E-state index in [9.17, 15) is 19.5 Å². The first-order chi connectivity index (χ1) is 8.00. The van der Waals surface area contributed by atoms with Crippen molar-refractivity contribution in [2.45, 2.75) is 5.60 Å². The molecular formula is C9H8N2O5S. The van der Waals surface area contributed by atoms with Gasteiger partial charge in [0.05, 0.1) is 12.0 Å². The van der Waals surface area contributed by atoms with Crippen molar-refractivity contribution in [1.82, 2.24) is 10.6 Å².